The third-order valence-electron chi connectivity index (χ3n) is 1.23. The molecule has 0 aromatic carbocycles. The number of hydrogen-bond donors (Lipinski definition) is 0. The summed E-state index contributed by atoms with van der Waals surface area (Å²) in [6, 6.07) is 0. The Bertz CT molecular complexity index is 60.8. The monoisotopic (exact) mass is 115 g/mol. The molecule has 1 aliphatic rings. The predicted molar refractivity (Wildman–Crippen MR) is 38.3 cm³/mol. The number of nitrogens with zero attached hydrogens (tertiary/aromatic N) is 1. The van der Waals surface area contributed by atoms with E-state index < -0.39 is 0 Å². The molecule has 1 rings (SSSR count). The molecule has 0 N–H and O–H groups in total. The van der Waals surface area contributed by atoms with Crippen molar-refractivity contribution in [3.05, 3.63) is 0 Å². The first-order valence-corrected chi connectivity index (χ1v) is 2.66. The molecule has 0 saturated carbocycles. The second kappa shape index (κ2) is 2.51. The Balaban J connectivity index is 2.19. The van der Waals surface area contributed by atoms with Gasteiger partial charge in [-0.15, -0.1) is 0 Å². The van der Waals surface area contributed by atoms with Gasteiger partial charge in [-0.3, -0.25) is 4.90 Å². The molecule has 0 amide bonds. The summed E-state index contributed by atoms with van der Waals surface area (Å²) < 4.78 is 3.30. The van der Waals surface area contributed by atoms with Crippen LogP contribution in [0.1, 0.15) is 0 Å². The van der Waals surface area contributed by atoms with E-state index in [2.05, 4.69) is 16.2 Å². The number of likely N-dealkylation sites (N-methyl/N-ethyl adjacent to an activating group) is 1. The third-order valence-corrected chi connectivity index (χ3v) is 1.23. The zero-order valence-electron chi connectivity index (χ0n) is 4.68. The Morgan fingerprint density at radius 3 is 2.25 bits per heavy atom. The van der Waals surface area contributed by atoms with E-state index in [4.69, 9.17) is 0 Å². The summed E-state index contributed by atoms with van der Waals surface area (Å²) in [5.41, 5.74) is 0. The van der Waals surface area contributed by atoms with E-state index in [1.165, 1.54) is 26.3 Å². The van der Waals surface area contributed by atoms with Crippen LogP contribution in [0.3, 0.4) is 0 Å². The smallest absolute Gasteiger partial charge is 0.256 e. The average molecular weight is 115 g/mol. The molecule has 0 aliphatic carbocycles. The molecule has 0 unspecified atom stereocenters. The standard InChI is InChI=1S/C5H14BNO/c1-7-2-4-8(6)5-3-7/h2-5H2,1,6H3. The Kier molecular flexibility index (Phi) is 1.92. The van der Waals surface area contributed by atoms with E-state index >= 15 is 0 Å². The highest BCUT2D eigenvalue weighted by atomic mass is 16.6. The summed E-state index contributed by atoms with van der Waals surface area (Å²) in [5, 5.41) is 0. The van der Waals surface area contributed by atoms with E-state index in [1.54, 1.807) is 0 Å². The Hall–Kier alpha value is -0.0151. The van der Waals surface area contributed by atoms with Crippen LogP contribution in [0.25, 0.3) is 0 Å². The molecule has 0 aromatic heterocycles. The van der Waals surface area contributed by atoms with Gasteiger partial charge in [0, 0.05) is 0 Å². The van der Waals surface area contributed by atoms with Crippen LogP contribution in [0.4, 0.5) is 0 Å². The minimum absolute atomic E-state index is 0.425. The molecule has 0 bridgehead atoms. The second-order valence-electron chi connectivity index (χ2n) is 1.92. The molecular formula is C5H14BNO. The average Bonchev–Trinajstić information content (AvgIpc) is 1.77. The van der Waals surface area contributed by atoms with Crippen LogP contribution in [0.2, 0.25) is 0 Å². The first kappa shape index (κ1) is 6.11. The second-order valence-corrected chi connectivity index (χ2v) is 1.92. The van der Waals surface area contributed by atoms with Gasteiger partial charge in [-0.05, 0) is 7.05 Å². The molecule has 0 aromatic rings. The largest absolute Gasteiger partial charge is 0.676 e. The third kappa shape index (κ3) is 1.49. The van der Waals surface area contributed by atoms with Crippen molar-refractivity contribution in [3.8, 4) is 0 Å². The van der Waals surface area contributed by atoms with E-state index in [9.17, 15) is 0 Å². The van der Waals surface area contributed by atoms with Gasteiger partial charge < -0.3 is 4.28 Å². The number of rotatable bonds is 0. The molecular weight excluding hydrogens is 101 g/mol. The SMILES string of the molecule is [BH3-][O+]1CCN(C)CC1. The highest BCUT2D eigenvalue weighted by Crippen LogP contribution is 1.97. The first-order valence-electron chi connectivity index (χ1n) is 2.66. The minimum atomic E-state index is 0.425. The number of hydrogen-bond acceptors (Lipinski definition) is 1. The van der Waals surface area contributed by atoms with Gasteiger partial charge in [-0.2, -0.15) is 0 Å². The maximum Gasteiger partial charge on any atom is 0.256 e. The fourth-order valence-corrected chi connectivity index (χ4v) is 0.655. The molecule has 48 valence electrons. The van der Waals surface area contributed by atoms with Crippen LogP contribution < -0.4 is 0 Å². The van der Waals surface area contributed by atoms with Gasteiger partial charge in [0.2, 0.25) is 0 Å². The highest BCUT2D eigenvalue weighted by molar-refractivity contribution is 5.99. The summed E-state index contributed by atoms with van der Waals surface area (Å²) in [5.74, 6) is 0. The van der Waals surface area contributed by atoms with Crippen molar-refractivity contribution in [2.24, 2.45) is 0 Å². The lowest BCUT2D eigenvalue weighted by Crippen LogP contribution is -2.38. The summed E-state index contributed by atoms with van der Waals surface area (Å²) in [4.78, 5) is 2.38. The van der Waals surface area contributed by atoms with Gasteiger partial charge in [0.15, 0.2) is 0 Å². The van der Waals surface area contributed by atoms with Crippen LogP contribution in [-0.2, 0) is 4.28 Å². The topological polar surface area (TPSA) is 5.94 Å². The van der Waals surface area contributed by atoms with Crippen molar-refractivity contribution in [2.45, 2.75) is 0 Å². The lowest BCUT2D eigenvalue weighted by Gasteiger charge is -2.33. The molecule has 2 nitrogen and oxygen atoms in total. The van der Waals surface area contributed by atoms with Gasteiger partial charge >= 0.3 is 0 Å². The zero-order chi connectivity index (χ0) is 5.98. The molecule has 8 heavy (non-hydrogen) atoms. The molecule has 3 heteroatoms. The van der Waals surface area contributed by atoms with Crippen molar-refractivity contribution in [1.29, 1.82) is 0 Å². The highest BCUT2D eigenvalue weighted by Gasteiger charge is 2.08. The summed E-state index contributed by atoms with van der Waals surface area (Å²) >= 11 is 0. The van der Waals surface area contributed by atoms with Crippen molar-refractivity contribution in [3.63, 3.8) is 0 Å². The lowest BCUT2D eigenvalue weighted by molar-refractivity contribution is -0.0352. The predicted octanol–water partition coefficient (Wildman–Crippen LogP) is -1.24. The summed E-state index contributed by atoms with van der Waals surface area (Å²) in [6.45, 7) is 5.04. The van der Waals surface area contributed by atoms with Gasteiger partial charge in [0.25, 0.3) is 8.05 Å². The maximum atomic E-state index is 3.30. The summed E-state index contributed by atoms with van der Waals surface area (Å²) in [7, 11) is 2.61. The Labute approximate surface area is 51.6 Å². The van der Waals surface area contributed by atoms with Crippen LogP contribution in [0.15, 0.2) is 0 Å². The van der Waals surface area contributed by atoms with E-state index in [-0.39, 0.29) is 0 Å². The fourth-order valence-electron chi connectivity index (χ4n) is 0.655. The quantitative estimate of drug-likeness (QED) is 0.283. The van der Waals surface area contributed by atoms with Crippen molar-refractivity contribution >= 4 is 8.05 Å². The summed E-state index contributed by atoms with van der Waals surface area (Å²) in [6.07, 6.45) is 0. The van der Waals surface area contributed by atoms with Crippen molar-refractivity contribution in [1.82, 2.24) is 4.90 Å². The minimum Gasteiger partial charge on any atom is -0.676 e. The van der Waals surface area contributed by atoms with Gasteiger partial charge in [-0.1, -0.05) is 0 Å². The molecule has 0 atom stereocenters. The van der Waals surface area contributed by atoms with Crippen LogP contribution in [0, 0.1) is 0 Å². The van der Waals surface area contributed by atoms with Gasteiger partial charge in [-0.25, -0.2) is 0 Å². The lowest BCUT2D eigenvalue weighted by atomic mass is 10.4. The first-order chi connectivity index (χ1) is 3.79. The van der Waals surface area contributed by atoms with Crippen LogP contribution in [-0.4, -0.2) is 46.3 Å². The van der Waals surface area contributed by atoms with Crippen molar-refractivity contribution in [2.75, 3.05) is 33.4 Å². The van der Waals surface area contributed by atoms with Gasteiger partial charge in [0.1, 0.15) is 13.2 Å². The molecule has 0 spiro atoms. The molecule has 1 aliphatic heterocycles. The Morgan fingerprint density at radius 2 is 1.88 bits per heavy atom. The van der Waals surface area contributed by atoms with E-state index in [0.29, 0.717) is 8.05 Å². The zero-order valence-corrected chi connectivity index (χ0v) is 4.68. The Morgan fingerprint density at radius 1 is 1.38 bits per heavy atom. The van der Waals surface area contributed by atoms with Crippen molar-refractivity contribution < 1.29 is 4.28 Å². The van der Waals surface area contributed by atoms with Gasteiger partial charge in [0.05, 0.1) is 13.1 Å². The maximum absolute atomic E-state index is 3.30. The van der Waals surface area contributed by atoms with E-state index in [0.717, 1.165) is 0 Å². The van der Waals surface area contributed by atoms with E-state index in [1.807, 2.05) is 0 Å². The molecule has 0 radical (unpaired) electrons. The molecule has 1 heterocycles. The fraction of sp³-hybridized carbons (Fsp3) is 1.00. The normalized spacial score (nSPS) is 26.2. The van der Waals surface area contributed by atoms with Crippen LogP contribution in [0.5, 0.6) is 0 Å². The molecule has 1 saturated heterocycles. The van der Waals surface area contributed by atoms with Crippen LogP contribution >= 0.6 is 0 Å². The number of morpholine rings is 1. The molecule has 1 fully saturated rings.